The minimum Gasteiger partial charge on any atom is -0.393 e. The SMILES string of the molecule is CC[C@]12CC[C@@H](O)[C@H](C=C[C@@H](O)C3CCCCC3)[C@H]1C(C)C2=O. The summed E-state index contributed by atoms with van der Waals surface area (Å²) in [7, 11) is 0. The molecule has 0 radical (unpaired) electrons. The van der Waals surface area contributed by atoms with Crippen LogP contribution in [0.15, 0.2) is 12.2 Å². The molecule has 3 rings (SSSR count). The Kier molecular flexibility index (Phi) is 4.98. The lowest BCUT2D eigenvalue weighted by molar-refractivity contribution is -0.174. The van der Waals surface area contributed by atoms with Gasteiger partial charge in [-0.3, -0.25) is 4.79 Å². The van der Waals surface area contributed by atoms with Crippen LogP contribution in [0.25, 0.3) is 0 Å². The maximum Gasteiger partial charge on any atom is 0.142 e. The predicted octanol–water partition coefficient (Wildman–Crippen LogP) is 3.49. The number of hydrogen-bond acceptors (Lipinski definition) is 3. The Hall–Kier alpha value is -0.670. The summed E-state index contributed by atoms with van der Waals surface area (Å²) in [4.78, 5) is 12.4. The molecule has 0 aliphatic heterocycles. The molecule has 3 saturated carbocycles. The van der Waals surface area contributed by atoms with Gasteiger partial charge in [0.2, 0.25) is 0 Å². The molecule has 3 fully saturated rings. The first-order valence-electron chi connectivity index (χ1n) is 9.60. The molecule has 3 aliphatic rings. The molecule has 2 N–H and O–H groups in total. The quantitative estimate of drug-likeness (QED) is 0.780. The van der Waals surface area contributed by atoms with Crippen molar-refractivity contribution in [3.8, 4) is 0 Å². The van der Waals surface area contributed by atoms with Crippen molar-refractivity contribution in [2.24, 2.45) is 29.1 Å². The van der Waals surface area contributed by atoms with Gasteiger partial charge in [0.05, 0.1) is 12.2 Å². The normalized spacial score (nSPS) is 43.2. The highest BCUT2D eigenvalue weighted by atomic mass is 16.3. The zero-order chi connectivity index (χ0) is 16.6. The Morgan fingerprint density at radius 2 is 1.96 bits per heavy atom. The van der Waals surface area contributed by atoms with Crippen LogP contribution < -0.4 is 0 Å². The first-order valence-corrected chi connectivity index (χ1v) is 9.60. The molecule has 130 valence electrons. The molecular weight excluding hydrogens is 288 g/mol. The summed E-state index contributed by atoms with van der Waals surface area (Å²) >= 11 is 0. The molecule has 0 heterocycles. The second kappa shape index (κ2) is 6.68. The van der Waals surface area contributed by atoms with E-state index in [0.717, 1.165) is 25.7 Å². The third-order valence-corrected chi connectivity index (χ3v) is 7.12. The van der Waals surface area contributed by atoms with Crippen molar-refractivity contribution >= 4 is 5.78 Å². The number of aliphatic hydroxyl groups excluding tert-OH is 2. The lowest BCUT2D eigenvalue weighted by atomic mass is 9.43. The number of Topliss-reactive ketones (excluding diaryl/α,β-unsaturated/α-hetero) is 1. The van der Waals surface area contributed by atoms with Gasteiger partial charge in [0, 0.05) is 17.3 Å². The summed E-state index contributed by atoms with van der Waals surface area (Å²) in [6.07, 6.45) is 11.5. The number of carbonyl (C=O) groups excluding carboxylic acids is 1. The summed E-state index contributed by atoms with van der Waals surface area (Å²) in [6, 6.07) is 0. The van der Waals surface area contributed by atoms with Crippen LogP contribution in [0.2, 0.25) is 0 Å². The van der Waals surface area contributed by atoms with E-state index in [1.54, 1.807) is 0 Å². The van der Waals surface area contributed by atoms with E-state index in [1.807, 2.05) is 19.1 Å². The van der Waals surface area contributed by atoms with Crippen LogP contribution in [0.5, 0.6) is 0 Å². The number of carbonyl (C=O) groups is 1. The fourth-order valence-corrected chi connectivity index (χ4v) is 5.70. The molecular formula is C20H32O3. The van der Waals surface area contributed by atoms with Crippen LogP contribution in [-0.2, 0) is 4.79 Å². The van der Waals surface area contributed by atoms with E-state index in [2.05, 4.69) is 6.92 Å². The number of aliphatic hydroxyl groups is 2. The molecule has 6 atom stereocenters. The average molecular weight is 320 g/mol. The van der Waals surface area contributed by atoms with Crippen molar-refractivity contribution in [1.29, 1.82) is 0 Å². The van der Waals surface area contributed by atoms with Crippen LogP contribution >= 0.6 is 0 Å². The molecule has 3 aliphatic carbocycles. The average Bonchev–Trinajstić information content (AvgIpc) is 2.60. The van der Waals surface area contributed by atoms with Crippen molar-refractivity contribution < 1.29 is 15.0 Å². The standard InChI is InChI=1S/C20H32O3/c1-3-20-12-11-17(22)15(18(20)13(2)19(20)23)9-10-16(21)14-7-5-4-6-8-14/h9-10,13-18,21-22H,3-8,11-12H2,1-2H3/t13?,15-,16+,17+,18+,20-/m0/s1. The molecule has 0 aromatic heterocycles. The molecule has 3 heteroatoms. The Labute approximate surface area is 140 Å². The van der Waals surface area contributed by atoms with Gasteiger partial charge in [-0.25, -0.2) is 0 Å². The smallest absolute Gasteiger partial charge is 0.142 e. The Morgan fingerprint density at radius 3 is 2.61 bits per heavy atom. The third-order valence-electron chi connectivity index (χ3n) is 7.12. The van der Waals surface area contributed by atoms with Gasteiger partial charge in [-0.2, -0.15) is 0 Å². The van der Waals surface area contributed by atoms with Gasteiger partial charge in [-0.05, 0) is 43.9 Å². The highest BCUT2D eigenvalue weighted by Crippen LogP contribution is 2.60. The number of ketones is 1. The van der Waals surface area contributed by atoms with Gasteiger partial charge in [0.25, 0.3) is 0 Å². The zero-order valence-corrected chi connectivity index (χ0v) is 14.6. The van der Waals surface area contributed by atoms with Crippen molar-refractivity contribution in [2.45, 2.75) is 77.4 Å². The lowest BCUT2D eigenvalue weighted by Crippen LogP contribution is -2.63. The van der Waals surface area contributed by atoms with E-state index >= 15 is 0 Å². The topological polar surface area (TPSA) is 57.5 Å². The number of fused-ring (bicyclic) bond motifs is 1. The molecule has 3 nitrogen and oxygen atoms in total. The van der Waals surface area contributed by atoms with Crippen molar-refractivity contribution in [2.75, 3.05) is 0 Å². The highest BCUT2D eigenvalue weighted by Gasteiger charge is 2.63. The van der Waals surface area contributed by atoms with Crippen LogP contribution in [0.3, 0.4) is 0 Å². The fraction of sp³-hybridized carbons (Fsp3) is 0.850. The second-order valence-electron chi connectivity index (χ2n) is 8.15. The minimum atomic E-state index is -0.397. The minimum absolute atomic E-state index is 0.0228. The molecule has 23 heavy (non-hydrogen) atoms. The van der Waals surface area contributed by atoms with Gasteiger partial charge >= 0.3 is 0 Å². The highest BCUT2D eigenvalue weighted by molar-refractivity contribution is 5.94. The predicted molar refractivity (Wildman–Crippen MR) is 90.8 cm³/mol. The van der Waals surface area contributed by atoms with Crippen molar-refractivity contribution in [1.82, 2.24) is 0 Å². The second-order valence-corrected chi connectivity index (χ2v) is 8.15. The zero-order valence-electron chi connectivity index (χ0n) is 14.6. The van der Waals surface area contributed by atoms with Crippen molar-refractivity contribution in [3.05, 3.63) is 12.2 Å². The molecule has 0 bridgehead atoms. The van der Waals surface area contributed by atoms with Gasteiger partial charge in [0.15, 0.2) is 0 Å². The Balaban J connectivity index is 1.72. The van der Waals surface area contributed by atoms with E-state index in [1.165, 1.54) is 19.3 Å². The number of hydrogen-bond donors (Lipinski definition) is 2. The van der Waals surface area contributed by atoms with Crippen LogP contribution in [0, 0.1) is 29.1 Å². The molecule has 0 amide bonds. The van der Waals surface area contributed by atoms with E-state index < -0.39 is 6.10 Å². The maximum atomic E-state index is 12.4. The summed E-state index contributed by atoms with van der Waals surface area (Å²) in [6.45, 7) is 4.11. The fourth-order valence-electron chi connectivity index (χ4n) is 5.70. The summed E-state index contributed by atoms with van der Waals surface area (Å²) < 4.78 is 0. The molecule has 1 unspecified atom stereocenters. The van der Waals surface area contributed by atoms with E-state index in [9.17, 15) is 15.0 Å². The first kappa shape index (κ1) is 17.2. The van der Waals surface area contributed by atoms with Gasteiger partial charge < -0.3 is 10.2 Å². The Bertz CT molecular complexity index is 466. The molecule has 0 aromatic carbocycles. The van der Waals surface area contributed by atoms with E-state index in [0.29, 0.717) is 18.1 Å². The molecule has 0 aromatic rings. The Morgan fingerprint density at radius 1 is 1.26 bits per heavy atom. The first-order chi connectivity index (χ1) is 11.0. The monoisotopic (exact) mass is 320 g/mol. The number of rotatable bonds is 4. The molecule has 0 spiro atoms. The third kappa shape index (κ3) is 2.80. The summed E-state index contributed by atoms with van der Waals surface area (Å²) in [5.74, 6) is 1.08. The molecule has 0 saturated heterocycles. The van der Waals surface area contributed by atoms with Gasteiger partial charge in [-0.15, -0.1) is 0 Å². The summed E-state index contributed by atoms with van der Waals surface area (Å²) in [5, 5.41) is 20.9. The van der Waals surface area contributed by atoms with E-state index in [-0.39, 0.29) is 29.3 Å². The van der Waals surface area contributed by atoms with E-state index in [4.69, 9.17) is 0 Å². The van der Waals surface area contributed by atoms with Crippen LogP contribution in [-0.4, -0.2) is 28.2 Å². The largest absolute Gasteiger partial charge is 0.393 e. The van der Waals surface area contributed by atoms with Crippen molar-refractivity contribution in [3.63, 3.8) is 0 Å². The van der Waals surface area contributed by atoms with Crippen LogP contribution in [0.1, 0.15) is 65.2 Å². The van der Waals surface area contributed by atoms with Crippen LogP contribution in [0.4, 0.5) is 0 Å². The summed E-state index contributed by atoms with van der Waals surface area (Å²) in [5.41, 5.74) is -0.205. The maximum absolute atomic E-state index is 12.4. The van der Waals surface area contributed by atoms with Gasteiger partial charge in [0.1, 0.15) is 5.78 Å². The lowest BCUT2D eigenvalue weighted by Gasteiger charge is -2.59. The van der Waals surface area contributed by atoms with Gasteiger partial charge in [-0.1, -0.05) is 45.3 Å².